The van der Waals surface area contributed by atoms with Gasteiger partial charge in [-0.05, 0) is 50.2 Å². The maximum Gasteiger partial charge on any atom is 0.259 e. The lowest BCUT2D eigenvalue weighted by Crippen LogP contribution is -2.14. The maximum absolute atomic E-state index is 13.3. The number of aromatic nitrogens is 2. The van der Waals surface area contributed by atoms with Crippen LogP contribution in [0.1, 0.15) is 27.9 Å². The molecule has 0 radical (unpaired) electrons. The third kappa shape index (κ3) is 4.13. The summed E-state index contributed by atoms with van der Waals surface area (Å²) in [5.74, 6) is -0.121. The Bertz CT molecular complexity index is 1310. The first-order chi connectivity index (χ1) is 14.9. The van der Waals surface area contributed by atoms with Crippen LogP contribution in [0.2, 0.25) is 0 Å². The molecule has 158 valence electrons. The van der Waals surface area contributed by atoms with Gasteiger partial charge in [0.2, 0.25) is 5.91 Å². The summed E-state index contributed by atoms with van der Waals surface area (Å²) in [4.78, 5) is 31.3. The summed E-state index contributed by atoms with van der Waals surface area (Å²) in [6, 6.07) is 10.7. The number of fused-ring (bicyclic) bond motifs is 1. The van der Waals surface area contributed by atoms with Crippen molar-refractivity contribution in [1.29, 1.82) is 0 Å². The van der Waals surface area contributed by atoms with Gasteiger partial charge in [-0.25, -0.2) is 4.98 Å². The molecule has 2 N–H and O–H groups in total. The van der Waals surface area contributed by atoms with Crippen molar-refractivity contribution in [2.75, 3.05) is 17.7 Å². The predicted molar refractivity (Wildman–Crippen MR) is 120 cm³/mol. The highest BCUT2D eigenvalue weighted by Gasteiger charge is 2.21. The van der Waals surface area contributed by atoms with E-state index in [9.17, 15) is 9.59 Å². The number of hydrogen-bond donors (Lipinski definition) is 2. The number of benzene rings is 1. The molecule has 31 heavy (non-hydrogen) atoms. The molecule has 4 rings (SSSR count). The second-order valence-electron chi connectivity index (χ2n) is 6.96. The topological polar surface area (TPSA) is 106 Å². The van der Waals surface area contributed by atoms with Crippen LogP contribution < -0.4 is 15.4 Å². The molecule has 2 amide bonds. The van der Waals surface area contributed by atoms with Crippen molar-refractivity contribution in [3.05, 3.63) is 52.5 Å². The van der Waals surface area contributed by atoms with Gasteiger partial charge in [0, 0.05) is 17.5 Å². The quantitative estimate of drug-likeness (QED) is 0.466. The van der Waals surface area contributed by atoms with Crippen LogP contribution in [-0.4, -0.2) is 29.1 Å². The lowest BCUT2D eigenvalue weighted by atomic mass is 10.1. The van der Waals surface area contributed by atoms with Crippen molar-refractivity contribution in [1.82, 2.24) is 10.1 Å². The van der Waals surface area contributed by atoms with Gasteiger partial charge in [-0.15, -0.1) is 11.3 Å². The van der Waals surface area contributed by atoms with Gasteiger partial charge in [0.05, 0.1) is 40.0 Å². The van der Waals surface area contributed by atoms with Crippen molar-refractivity contribution in [3.63, 3.8) is 0 Å². The Morgan fingerprint density at radius 2 is 1.90 bits per heavy atom. The number of pyridine rings is 1. The molecule has 1 aromatic carbocycles. The van der Waals surface area contributed by atoms with Gasteiger partial charge in [0.25, 0.3) is 11.6 Å². The van der Waals surface area contributed by atoms with E-state index in [1.807, 2.05) is 19.1 Å². The first-order valence-corrected chi connectivity index (χ1v) is 10.3. The van der Waals surface area contributed by atoms with Crippen LogP contribution >= 0.6 is 11.3 Å². The van der Waals surface area contributed by atoms with Gasteiger partial charge < -0.3 is 19.9 Å². The fourth-order valence-corrected chi connectivity index (χ4v) is 4.08. The van der Waals surface area contributed by atoms with Gasteiger partial charge in [-0.1, -0.05) is 5.16 Å². The van der Waals surface area contributed by atoms with Crippen LogP contribution in [0.25, 0.3) is 21.7 Å². The molecule has 0 unspecified atom stereocenters. The van der Waals surface area contributed by atoms with Crippen LogP contribution in [0, 0.1) is 13.8 Å². The highest BCUT2D eigenvalue weighted by atomic mass is 32.1. The van der Waals surface area contributed by atoms with Crippen LogP contribution in [0.3, 0.4) is 0 Å². The normalized spacial score (nSPS) is 10.8. The van der Waals surface area contributed by atoms with Gasteiger partial charge in [-0.2, -0.15) is 0 Å². The largest absolute Gasteiger partial charge is 0.495 e. The van der Waals surface area contributed by atoms with E-state index in [-0.39, 0.29) is 11.8 Å². The van der Waals surface area contributed by atoms with E-state index in [0.717, 1.165) is 9.75 Å². The van der Waals surface area contributed by atoms with Crippen molar-refractivity contribution < 1.29 is 18.8 Å². The summed E-state index contributed by atoms with van der Waals surface area (Å²) in [7, 11) is 1.51. The summed E-state index contributed by atoms with van der Waals surface area (Å²) in [5.41, 5.74) is 2.85. The smallest absolute Gasteiger partial charge is 0.259 e. The fraction of sp³-hybridized carbons (Fsp3) is 0.182. The van der Waals surface area contributed by atoms with E-state index >= 15 is 0 Å². The molecule has 9 heteroatoms. The zero-order valence-electron chi connectivity index (χ0n) is 17.4. The Morgan fingerprint density at radius 3 is 2.58 bits per heavy atom. The van der Waals surface area contributed by atoms with Crippen molar-refractivity contribution >= 4 is 45.6 Å². The molecule has 0 saturated carbocycles. The van der Waals surface area contributed by atoms with Gasteiger partial charge in [-0.3, -0.25) is 9.59 Å². The Labute approximate surface area is 182 Å². The number of nitrogens with zero attached hydrogens (tertiary/aromatic N) is 2. The molecule has 0 atom stereocenters. The maximum atomic E-state index is 13.3. The molecule has 4 aromatic rings. The molecule has 0 fully saturated rings. The predicted octanol–water partition coefficient (Wildman–Crippen LogP) is 4.79. The first-order valence-electron chi connectivity index (χ1n) is 9.46. The molecule has 3 heterocycles. The molecule has 8 nitrogen and oxygen atoms in total. The Kier molecular flexibility index (Phi) is 5.43. The standard InChI is InChI=1S/C22H20N4O4S/c1-11-5-8-19(31-11)17-10-15(20-12(2)26-30-22(20)25-17)21(28)24-16-9-14(23-13(3)27)6-7-18(16)29-4/h5-10H,1-4H3,(H,23,27)(H,24,28). The van der Waals surface area contributed by atoms with Crippen molar-refractivity contribution in [3.8, 4) is 16.3 Å². The van der Waals surface area contributed by atoms with Crippen molar-refractivity contribution in [2.24, 2.45) is 0 Å². The number of aryl methyl sites for hydroxylation is 2. The second-order valence-corrected chi connectivity index (χ2v) is 8.25. The number of nitrogens with one attached hydrogen (secondary N) is 2. The molecular weight excluding hydrogens is 416 g/mol. The van der Waals surface area contributed by atoms with Gasteiger partial charge in [0.1, 0.15) is 5.75 Å². The first kappa shape index (κ1) is 20.5. The van der Waals surface area contributed by atoms with Crippen LogP contribution in [0.15, 0.2) is 40.9 Å². The average Bonchev–Trinajstić information content (AvgIpc) is 3.33. The zero-order chi connectivity index (χ0) is 22.1. The number of anilines is 2. The zero-order valence-corrected chi connectivity index (χ0v) is 18.2. The minimum absolute atomic E-state index is 0.214. The van der Waals surface area contributed by atoms with Crippen LogP contribution in [-0.2, 0) is 4.79 Å². The van der Waals surface area contributed by atoms with Crippen LogP contribution in [0.4, 0.5) is 11.4 Å². The minimum Gasteiger partial charge on any atom is -0.495 e. The third-order valence-electron chi connectivity index (χ3n) is 4.62. The SMILES string of the molecule is COc1ccc(NC(C)=O)cc1NC(=O)c1cc(-c2ccc(C)s2)nc2onc(C)c12. The van der Waals surface area contributed by atoms with E-state index in [1.54, 1.807) is 42.5 Å². The monoisotopic (exact) mass is 436 g/mol. The van der Waals surface area contributed by atoms with Crippen molar-refractivity contribution in [2.45, 2.75) is 20.8 Å². The number of methoxy groups -OCH3 is 1. The van der Waals surface area contributed by atoms with Gasteiger partial charge in [0.15, 0.2) is 0 Å². The van der Waals surface area contributed by atoms with E-state index < -0.39 is 0 Å². The number of ether oxygens (including phenoxy) is 1. The second kappa shape index (κ2) is 8.19. The van der Waals surface area contributed by atoms with E-state index in [1.165, 1.54) is 14.0 Å². The lowest BCUT2D eigenvalue weighted by Gasteiger charge is -2.13. The number of amides is 2. The van der Waals surface area contributed by atoms with E-state index in [4.69, 9.17) is 9.26 Å². The van der Waals surface area contributed by atoms with Gasteiger partial charge >= 0.3 is 0 Å². The van der Waals surface area contributed by atoms with Crippen LogP contribution in [0.5, 0.6) is 5.75 Å². The summed E-state index contributed by atoms with van der Waals surface area (Å²) < 4.78 is 10.7. The highest BCUT2D eigenvalue weighted by Crippen LogP contribution is 2.33. The number of hydrogen-bond acceptors (Lipinski definition) is 7. The number of carbonyl (C=O) groups excluding carboxylic acids is 2. The molecule has 0 spiro atoms. The minimum atomic E-state index is -0.369. The Morgan fingerprint density at radius 1 is 1.10 bits per heavy atom. The number of rotatable bonds is 5. The summed E-state index contributed by atoms with van der Waals surface area (Å²) in [5, 5.41) is 10.1. The van der Waals surface area contributed by atoms with E-state index in [0.29, 0.717) is 45.2 Å². The lowest BCUT2D eigenvalue weighted by molar-refractivity contribution is -0.114. The molecular formula is C22H20N4O4S. The summed E-state index contributed by atoms with van der Waals surface area (Å²) in [6.45, 7) is 5.18. The molecule has 0 aliphatic rings. The molecule has 0 bridgehead atoms. The fourth-order valence-electron chi connectivity index (χ4n) is 3.25. The highest BCUT2D eigenvalue weighted by molar-refractivity contribution is 7.15. The summed E-state index contributed by atoms with van der Waals surface area (Å²) >= 11 is 1.58. The third-order valence-corrected chi connectivity index (χ3v) is 5.65. The average molecular weight is 436 g/mol. The molecule has 0 saturated heterocycles. The number of thiophene rings is 1. The Hall–Kier alpha value is -3.72. The molecule has 3 aromatic heterocycles. The summed E-state index contributed by atoms with van der Waals surface area (Å²) in [6.07, 6.45) is 0. The molecule has 0 aliphatic heterocycles. The Balaban J connectivity index is 1.77. The number of carbonyl (C=O) groups is 2. The van der Waals surface area contributed by atoms with E-state index in [2.05, 4.69) is 20.8 Å². The molecule has 0 aliphatic carbocycles.